The number of piperidine rings is 1. The average Bonchev–Trinajstić information content (AvgIpc) is 2.47. The molecule has 2 N–H and O–H groups in total. The summed E-state index contributed by atoms with van der Waals surface area (Å²) in [6.45, 7) is 2.00. The van der Waals surface area contributed by atoms with Gasteiger partial charge >= 0.3 is 0 Å². The van der Waals surface area contributed by atoms with Gasteiger partial charge < -0.3 is 10.6 Å². The van der Waals surface area contributed by atoms with Crippen LogP contribution in [0.4, 0.5) is 0 Å². The van der Waals surface area contributed by atoms with Crippen molar-refractivity contribution in [2.24, 2.45) is 0 Å². The first-order valence-electron chi connectivity index (χ1n) is 7.43. The summed E-state index contributed by atoms with van der Waals surface area (Å²) in [5.74, 6) is 0.285. The fraction of sp³-hybridized carbons (Fsp3) is 0.562. The summed E-state index contributed by atoms with van der Waals surface area (Å²) in [6.07, 6.45) is 5.49. The van der Waals surface area contributed by atoms with Gasteiger partial charge in [-0.2, -0.15) is 0 Å². The molecule has 0 spiro atoms. The molecule has 1 aromatic rings. The van der Waals surface area contributed by atoms with Crippen molar-refractivity contribution in [3.63, 3.8) is 0 Å². The summed E-state index contributed by atoms with van der Waals surface area (Å²) in [7, 11) is 0. The van der Waals surface area contributed by atoms with Crippen LogP contribution in [0.25, 0.3) is 0 Å². The van der Waals surface area contributed by atoms with Crippen molar-refractivity contribution < 1.29 is 4.79 Å². The zero-order valence-electron chi connectivity index (χ0n) is 11.3. The van der Waals surface area contributed by atoms with Crippen LogP contribution in [0.15, 0.2) is 24.3 Å². The summed E-state index contributed by atoms with van der Waals surface area (Å²) in [6, 6.07) is 8.72. The molecule has 1 aliphatic heterocycles. The van der Waals surface area contributed by atoms with E-state index < -0.39 is 0 Å². The molecule has 1 aliphatic carbocycles. The summed E-state index contributed by atoms with van der Waals surface area (Å²) in [4.78, 5) is 12.5. The van der Waals surface area contributed by atoms with Gasteiger partial charge in [0.2, 0.25) is 5.91 Å². The molecule has 1 unspecified atom stereocenters. The van der Waals surface area contributed by atoms with Crippen molar-refractivity contribution in [1.82, 2.24) is 10.6 Å². The van der Waals surface area contributed by atoms with E-state index in [-0.39, 0.29) is 11.8 Å². The number of amides is 1. The molecule has 19 heavy (non-hydrogen) atoms. The van der Waals surface area contributed by atoms with Crippen molar-refractivity contribution in [3.05, 3.63) is 35.4 Å². The molecule has 2 atom stereocenters. The van der Waals surface area contributed by atoms with Crippen molar-refractivity contribution in [3.8, 4) is 0 Å². The number of hydrogen-bond acceptors (Lipinski definition) is 2. The van der Waals surface area contributed by atoms with Gasteiger partial charge in [-0.15, -0.1) is 0 Å². The highest BCUT2D eigenvalue weighted by atomic mass is 16.1. The van der Waals surface area contributed by atoms with E-state index in [1.807, 2.05) is 6.07 Å². The van der Waals surface area contributed by atoms with Gasteiger partial charge in [-0.1, -0.05) is 24.3 Å². The molecule has 3 heteroatoms. The maximum atomic E-state index is 12.5. The second kappa shape index (κ2) is 5.74. The van der Waals surface area contributed by atoms with Crippen molar-refractivity contribution >= 4 is 5.91 Å². The maximum Gasteiger partial charge on any atom is 0.227 e. The molecule has 1 fully saturated rings. The molecule has 0 radical (unpaired) electrons. The first-order chi connectivity index (χ1) is 9.34. The van der Waals surface area contributed by atoms with Crippen LogP contribution >= 0.6 is 0 Å². The molecule has 3 nitrogen and oxygen atoms in total. The Hall–Kier alpha value is -1.35. The molecular formula is C16H22N2O. The first-order valence-corrected chi connectivity index (χ1v) is 7.43. The van der Waals surface area contributed by atoms with Crippen LogP contribution < -0.4 is 10.6 Å². The second-order valence-electron chi connectivity index (χ2n) is 5.70. The van der Waals surface area contributed by atoms with E-state index in [4.69, 9.17) is 0 Å². The topological polar surface area (TPSA) is 41.1 Å². The van der Waals surface area contributed by atoms with E-state index in [1.54, 1.807) is 0 Å². The standard InChI is InChI=1S/C16H22N2O/c19-16(18-13-7-4-10-17-11-13)15-9-3-6-12-5-1-2-8-14(12)15/h1-2,5,8,13,15,17H,3-4,6-7,9-11H2,(H,18,19)/t13-,15?/m1/s1. The zero-order valence-corrected chi connectivity index (χ0v) is 11.3. The van der Waals surface area contributed by atoms with E-state index >= 15 is 0 Å². The van der Waals surface area contributed by atoms with E-state index in [9.17, 15) is 4.79 Å². The number of fused-ring (bicyclic) bond motifs is 1. The monoisotopic (exact) mass is 258 g/mol. The number of rotatable bonds is 2. The van der Waals surface area contributed by atoms with Gasteiger partial charge in [0, 0.05) is 12.6 Å². The summed E-state index contributed by atoms with van der Waals surface area (Å²) < 4.78 is 0. The molecule has 0 bridgehead atoms. The van der Waals surface area contributed by atoms with Gasteiger partial charge in [-0.25, -0.2) is 0 Å². The highest BCUT2D eigenvalue weighted by molar-refractivity contribution is 5.84. The predicted octanol–water partition coefficient (Wildman–Crippen LogP) is 1.97. The lowest BCUT2D eigenvalue weighted by Crippen LogP contribution is -2.47. The normalized spacial score (nSPS) is 26.5. The van der Waals surface area contributed by atoms with E-state index in [2.05, 4.69) is 28.8 Å². The molecule has 3 rings (SSSR count). The molecule has 102 valence electrons. The number of aryl methyl sites for hydroxylation is 1. The molecule has 0 saturated carbocycles. The highest BCUT2D eigenvalue weighted by Gasteiger charge is 2.27. The maximum absolute atomic E-state index is 12.5. The fourth-order valence-corrected chi connectivity index (χ4v) is 3.30. The van der Waals surface area contributed by atoms with Crippen LogP contribution in [-0.4, -0.2) is 25.0 Å². The third-order valence-electron chi connectivity index (χ3n) is 4.33. The van der Waals surface area contributed by atoms with Crippen molar-refractivity contribution in [2.45, 2.75) is 44.1 Å². The van der Waals surface area contributed by atoms with Crippen LogP contribution in [0.2, 0.25) is 0 Å². The quantitative estimate of drug-likeness (QED) is 0.851. The molecule has 1 aromatic carbocycles. The van der Waals surface area contributed by atoms with Crippen molar-refractivity contribution in [2.75, 3.05) is 13.1 Å². The van der Waals surface area contributed by atoms with Gasteiger partial charge in [0.25, 0.3) is 0 Å². The zero-order chi connectivity index (χ0) is 13.1. The highest BCUT2D eigenvalue weighted by Crippen LogP contribution is 2.31. The van der Waals surface area contributed by atoms with Crippen LogP contribution in [0.1, 0.15) is 42.7 Å². The Balaban J connectivity index is 1.70. The van der Waals surface area contributed by atoms with E-state index in [1.165, 1.54) is 11.1 Å². The Kier molecular flexibility index (Phi) is 3.83. The minimum Gasteiger partial charge on any atom is -0.352 e. The van der Waals surface area contributed by atoms with Gasteiger partial charge in [0.05, 0.1) is 5.92 Å². The lowest BCUT2D eigenvalue weighted by atomic mass is 9.82. The van der Waals surface area contributed by atoms with Crippen LogP contribution in [-0.2, 0) is 11.2 Å². The number of benzene rings is 1. The number of carbonyl (C=O) groups excluding carboxylic acids is 1. The molecule has 1 amide bonds. The molecule has 1 heterocycles. The smallest absolute Gasteiger partial charge is 0.227 e. The Labute approximate surface area is 114 Å². The lowest BCUT2D eigenvalue weighted by Gasteiger charge is -2.29. The molecule has 1 saturated heterocycles. The third kappa shape index (κ3) is 2.81. The minimum absolute atomic E-state index is 0.0619. The van der Waals surface area contributed by atoms with Crippen LogP contribution in [0, 0.1) is 0 Å². The summed E-state index contributed by atoms with van der Waals surface area (Å²) in [5, 5.41) is 6.58. The van der Waals surface area contributed by atoms with Gasteiger partial charge in [-0.05, 0) is 49.8 Å². The molecule has 2 aliphatic rings. The van der Waals surface area contributed by atoms with Gasteiger partial charge in [0.1, 0.15) is 0 Å². The Morgan fingerprint density at radius 1 is 1.21 bits per heavy atom. The first kappa shape index (κ1) is 12.7. The Bertz CT molecular complexity index is 452. The number of carbonyl (C=O) groups is 1. The number of nitrogens with one attached hydrogen (secondary N) is 2. The van der Waals surface area contributed by atoms with Crippen LogP contribution in [0.3, 0.4) is 0 Å². The largest absolute Gasteiger partial charge is 0.352 e. The van der Waals surface area contributed by atoms with E-state index in [0.29, 0.717) is 6.04 Å². The van der Waals surface area contributed by atoms with Crippen molar-refractivity contribution in [1.29, 1.82) is 0 Å². The predicted molar refractivity (Wildman–Crippen MR) is 76.2 cm³/mol. The molecular weight excluding hydrogens is 236 g/mol. The Morgan fingerprint density at radius 2 is 2.11 bits per heavy atom. The fourth-order valence-electron chi connectivity index (χ4n) is 3.30. The van der Waals surface area contributed by atoms with Gasteiger partial charge in [-0.3, -0.25) is 4.79 Å². The second-order valence-corrected chi connectivity index (χ2v) is 5.70. The Morgan fingerprint density at radius 3 is 2.95 bits per heavy atom. The number of hydrogen-bond donors (Lipinski definition) is 2. The minimum atomic E-state index is 0.0619. The van der Waals surface area contributed by atoms with Crippen LogP contribution in [0.5, 0.6) is 0 Å². The van der Waals surface area contributed by atoms with Gasteiger partial charge in [0.15, 0.2) is 0 Å². The van der Waals surface area contributed by atoms with E-state index in [0.717, 1.165) is 45.2 Å². The summed E-state index contributed by atoms with van der Waals surface area (Å²) >= 11 is 0. The summed E-state index contributed by atoms with van der Waals surface area (Å²) in [5.41, 5.74) is 2.60. The SMILES string of the molecule is O=C(N[C@@H]1CCCNC1)C1CCCc2ccccc21. The average molecular weight is 258 g/mol. The lowest BCUT2D eigenvalue weighted by molar-refractivity contribution is -0.123. The third-order valence-corrected chi connectivity index (χ3v) is 4.33. The molecule has 0 aromatic heterocycles.